The van der Waals surface area contributed by atoms with Gasteiger partial charge in [0.25, 0.3) is 0 Å². The van der Waals surface area contributed by atoms with Gasteiger partial charge in [-0.1, -0.05) is 140 Å². The molecule has 0 fully saturated rings. The van der Waals surface area contributed by atoms with Crippen molar-refractivity contribution in [2.45, 2.75) is 0 Å². The molecule has 0 amide bonds. The molecule has 1 aromatic heterocycles. The Kier molecular flexibility index (Phi) is 6.84. The predicted octanol–water partition coefficient (Wildman–Crippen LogP) is 13.2. The Balaban J connectivity index is 1.25. The topological polar surface area (TPSA) is 16.4 Å². The number of hydrogen-bond acceptors (Lipinski definition) is 2. The Hall–Kier alpha value is -6.38. The fraction of sp³-hybridized carbons (Fsp3) is 0. The van der Waals surface area contributed by atoms with Crippen LogP contribution in [0.2, 0.25) is 0 Å². The third kappa shape index (κ3) is 4.92. The molecule has 0 saturated heterocycles. The molecule has 0 N–H and O–H groups in total. The highest BCUT2D eigenvalue weighted by Crippen LogP contribution is 2.46. The lowest BCUT2D eigenvalue weighted by Gasteiger charge is -2.30. The lowest BCUT2D eigenvalue weighted by atomic mass is 9.96. The Labute approximate surface area is 279 Å². The molecule has 2 nitrogen and oxygen atoms in total. The summed E-state index contributed by atoms with van der Waals surface area (Å²) >= 11 is 0. The number of nitrogens with zero attached hydrogens (tertiary/aromatic N) is 1. The average molecular weight is 614 g/mol. The summed E-state index contributed by atoms with van der Waals surface area (Å²) in [6, 6.07) is 67.1. The molecular formula is C46H31NO. The number of fused-ring (bicyclic) bond motifs is 4. The van der Waals surface area contributed by atoms with E-state index in [9.17, 15) is 0 Å². The van der Waals surface area contributed by atoms with E-state index in [0.29, 0.717) is 0 Å². The molecule has 0 aliphatic carbocycles. The van der Waals surface area contributed by atoms with Crippen LogP contribution in [-0.2, 0) is 0 Å². The van der Waals surface area contributed by atoms with Gasteiger partial charge in [0.05, 0.1) is 11.4 Å². The van der Waals surface area contributed by atoms with E-state index in [-0.39, 0.29) is 0 Å². The van der Waals surface area contributed by atoms with Gasteiger partial charge < -0.3 is 9.32 Å². The molecule has 0 radical (unpaired) electrons. The zero-order chi connectivity index (χ0) is 31.9. The maximum Gasteiger partial charge on any atom is 0.135 e. The molecule has 9 rings (SSSR count). The molecular weight excluding hydrogens is 583 g/mol. The molecule has 0 spiro atoms. The van der Waals surface area contributed by atoms with Crippen molar-refractivity contribution >= 4 is 49.8 Å². The second-order valence-electron chi connectivity index (χ2n) is 12.2. The molecule has 226 valence electrons. The molecule has 8 aromatic carbocycles. The van der Waals surface area contributed by atoms with Gasteiger partial charge >= 0.3 is 0 Å². The molecule has 9 aromatic rings. The van der Waals surface area contributed by atoms with Crippen LogP contribution in [0.5, 0.6) is 0 Å². The summed E-state index contributed by atoms with van der Waals surface area (Å²) in [7, 11) is 0. The molecule has 0 aliphatic rings. The van der Waals surface area contributed by atoms with E-state index in [1.54, 1.807) is 0 Å². The summed E-state index contributed by atoms with van der Waals surface area (Å²) in [5, 5.41) is 4.71. The average Bonchev–Trinajstić information content (AvgIpc) is 3.54. The van der Waals surface area contributed by atoms with Crippen molar-refractivity contribution in [3.63, 3.8) is 0 Å². The highest BCUT2D eigenvalue weighted by molar-refractivity contribution is 6.07. The van der Waals surface area contributed by atoms with Gasteiger partial charge in [0, 0.05) is 27.6 Å². The maximum atomic E-state index is 6.19. The summed E-state index contributed by atoms with van der Waals surface area (Å²) in [5.74, 6) is 0. The quantitative estimate of drug-likeness (QED) is 0.185. The maximum absolute atomic E-state index is 6.19. The van der Waals surface area contributed by atoms with Gasteiger partial charge in [0.1, 0.15) is 11.2 Å². The summed E-state index contributed by atoms with van der Waals surface area (Å²) in [5.41, 5.74) is 12.1. The predicted molar refractivity (Wildman–Crippen MR) is 202 cm³/mol. The highest BCUT2D eigenvalue weighted by Gasteiger charge is 2.21. The zero-order valence-corrected chi connectivity index (χ0v) is 26.3. The Morgan fingerprint density at radius 3 is 1.65 bits per heavy atom. The third-order valence-corrected chi connectivity index (χ3v) is 9.27. The first-order valence-corrected chi connectivity index (χ1v) is 16.3. The van der Waals surface area contributed by atoms with Crippen LogP contribution in [0, 0.1) is 0 Å². The Morgan fingerprint density at radius 2 is 0.875 bits per heavy atom. The Morgan fingerprint density at radius 1 is 0.333 bits per heavy atom. The fourth-order valence-corrected chi connectivity index (χ4v) is 6.92. The van der Waals surface area contributed by atoms with E-state index in [2.05, 4.69) is 181 Å². The van der Waals surface area contributed by atoms with E-state index in [1.165, 1.54) is 33.0 Å². The van der Waals surface area contributed by atoms with Gasteiger partial charge in [0.15, 0.2) is 0 Å². The number of hydrogen-bond donors (Lipinski definition) is 0. The van der Waals surface area contributed by atoms with Gasteiger partial charge in [-0.25, -0.2) is 0 Å². The number of para-hydroxylation sites is 3. The van der Waals surface area contributed by atoms with E-state index in [1.807, 2.05) is 12.1 Å². The van der Waals surface area contributed by atoms with Crippen LogP contribution < -0.4 is 4.90 Å². The number of furan rings is 1. The molecule has 0 atom stereocenters. The van der Waals surface area contributed by atoms with Gasteiger partial charge in [-0.2, -0.15) is 0 Å². The normalized spacial score (nSPS) is 11.3. The molecule has 0 saturated carbocycles. The molecule has 0 bridgehead atoms. The second kappa shape index (κ2) is 11.8. The van der Waals surface area contributed by atoms with Crippen molar-refractivity contribution in [3.05, 3.63) is 188 Å². The van der Waals surface area contributed by atoms with Crippen LogP contribution in [0.3, 0.4) is 0 Å². The van der Waals surface area contributed by atoms with Crippen LogP contribution in [0.1, 0.15) is 0 Å². The minimum absolute atomic E-state index is 0.896. The first-order chi connectivity index (χ1) is 23.8. The summed E-state index contributed by atoms with van der Waals surface area (Å²) in [6.07, 6.45) is 0. The van der Waals surface area contributed by atoms with E-state index >= 15 is 0 Å². The number of benzene rings is 8. The molecule has 2 heteroatoms. The van der Waals surface area contributed by atoms with Crippen molar-refractivity contribution < 1.29 is 4.42 Å². The summed E-state index contributed by atoms with van der Waals surface area (Å²) < 4.78 is 6.19. The first kappa shape index (κ1) is 27.9. The standard InChI is InChI=1S/C46H31NO/c1-2-12-32(13-3-1)34-24-27-38(28-25-34)47(43-19-9-6-16-39(43)36-23-22-33-14-4-5-15-35(33)30-36)44-20-10-7-17-40(44)37-26-29-46-42(31-37)41-18-8-11-21-45(41)48-46/h1-31H. The van der Waals surface area contributed by atoms with E-state index in [4.69, 9.17) is 4.42 Å². The molecule has 0 unspecified atom stereocenters. The van der Waals surface area contributed by atoms with Gasteiger partial charge in [-0.05, 0) is 81.6 Å². The van der Waals surface area contributed by atoms with Crippen LogP contribution in [0.15, 0.2) is 192 Å². The van der Waals surface area contributed by atoms with Crippen LogP contribution in [0.25, 0.3) is 66.1 Å². The Bertz CT molecular complexity index is 2560. The summed E-state index contributed by atoms with van der Waals surface area (Å²) in [4.78, 5) is 2.41. The molecule has 1 heterocycles. The van der Waals surface area contributed by atoms with Crippen LogP contribution >= 0.6 is 0 Å². The van der Waals surface area contributed by atoms with Gasteiger partial charge in [0.2, 0.25) is 0 Å². The SMILES string of the molecule is c1ccc(-c2ccc(N(c3ccccc3-c3ccc4ccccc4c3)c3ccccc3-c3ccc4oc5ccccc5c4c3)cc2)cc1. The monoisotopic (exact) mass is 613 g/mol. The van der Waals surface area contributed by atoms with Crippen LogP contribution in [-0.4, -0.2) is 0 Å². The zero-order valence-electron chi connectivity index (χ0n) is 26.3. The lowest BCUT2D eigenvalue weighted by molar-refractivity contribution is 0.669. The smallest absolute Gasteiger partial charge is 0.135 e. The van der Waals surface area contributed by atoms with Crippen LogP contribution in [0.4, 0.5) is 17.1 Å². The minimum Gasteiger partial charge on any atom is -0.456 e. The lowest BCUT2D eigenvalue weighted by Crippen LogP contribution is -2.12. The van der Waals surface area contributed by atoms with Crippen molar-refractivity contribution in [1.82, 2.24) is 0 Å². The summed E-state index contributed by atoms with van der Waals surface area (Å²) in [6.45, 7) is 0. The van der Waals surface area contributed by atoms with Gasteiger partial charge in [-0.3, -0.25) is 0 Å². The van der Waals surface area contributed by atoms with Crippen molar-refractivity contribution in [1.29, 1.82) is 0 Å². The molecule has 0 aliphatic heterocycles. The minimum atomic E-state index is 0.896. The second-order valence-corrected chi connectivity index (χ2v) is 12.2. The number of rotatable bonds is 6. The fourth-order valence-electron chi connectivity index (χ4n) is 6.92. The third-order valence-electron chi connectivity index (χ3n) is 9.27. The van der Waals surface area contributed by atoms with Gasteiger partial charge in [-0.15, -0.1) is 0 Å². The highest BCUT2D eigenvalue weighted by atomic mass is 16.3. The van der Waals surface area contributed by atoms with Crippen molar-refractivity contribution in [3.8, 4) is 33.4 Å². The van der Waals surface area contributed by atoms with E-state index < -0.39 is 0 Å². The largest absolute Gasteiger partial charge is 0.456 e. The van der Waals surface area contributed by atoms with Crippen molar-refractivity contribution in [2.75, 3.05) is 4.90 Å². The van der Waals surface area contributed by atoms with Crippen molar-refractivity contribution in [2.24, 2.45) is 0 Å². The first-order valence-electron chi connectivity index (χ1n) is 16.3. The number of anilines is 3. The molecule has 48 heavy (non-hydrogen) atoms. The van der Waals surface area contributed by atoms with E-state index in [0.717, 1.165) is 50.1 Å².